The van der Waals surface area contributed by atoms with Crippen LogP contribution in [-0.2, 0) is 4.74 Å². The molecule has 112 valence electrons. The molecule has 0 saturated heterocycles. The fourth-order valence-corrected chi connectivity index (χ4v) is 1.97. The van der Waals surface area contributed by atoms with Crippen LogP contribution in [-0.4, -0.2) is 37.8 Å². The molecule has 4 nitrogen and oxygen atoms in total. The molecule has 1 amide bonds. The van der Waals surface area contributed by atoms with Crippen LogP contribution in [0.3, 0.4) is 0 Å². The highest BCUT2D eigenvalue weighted by Gasteiger charge is 2.14. The smallest absolute Gasteiger partial charge is 0.409 e. The number of hydrogen-bond acceptors (Lipinski definition) is 3. The molecule has 0 bridgehead atoms. The summed E-state index contributed by atoms with van der Waals surface area (Å²) in [5, 5.41) is 0. The third kappa shape index (κ3) is 5.95. The van der Waals surface area contributed by atoms with Gasteiger partial charge in [-0.3, -0.25) is 0 Å². The quantitative estimate of drug-likeness (QED) is 0.728. The number of hydrogen-bond donors (Lipinski definition) is 0. The Kier molecular flexibility index (Phi) is 7.55. The van der Waals surface area contributed by atoms with Crippen LogP contribution in [0.2, 0.25) is 0 Å². The summed E-state index contributed by atoms with van der Waals surface area (Å²) in [6.45, 7) is 2.80. The number of rotatable bonds is 8. The van der Waals surface area contributed by atoms with E-state index in [-0.39, 0.29) is 12.2 Å². The van der Waals surface area contributed by atoms with Gasteiger partial charge in [0.2, 0.25) is 0 Å². The number of ether oxygens (including phenoxy) is 2. The lowest BCUT2D eigenvalue weighted by Gasteiger charge is -2.22. The number of para-hydroxylation sites is 1. The molecule has 1 rings (SSSR count). The lowest BCUT2D eigenvalue weighted by molar-refractivity contribution is 0.120. The van der Waals surface area contributed by atoms with E-state index in [0.29, 0.717) is 6.54 Å². The van der Waals surface area contributed by atoms with E-state index in [1.54, 1.807) is 11.9 Å². The first-order valence-electron chi connectivity index (χ1n) is 7.18. The van der Waals surface area contributed by atoms with Gasteiger partial charge in [-0.25, -0.2) is 4.79 Å². The van der Waals surface area contributed by atoms with Gasteiger partial charge in [-0.05, 0) is 18.6 Å². The molecule has 0 aromatic heterocycles. The van der Waals surface area contributed by atoms with Crippen molar-refractivity contribution < 1.29 is 14.3 Å². The van der Waals surface area contributed by atoms with Crippen LogP contribution in [0.1, 0.15) is 32.6 Å². The van der Waals surface area contributed by atoms with Crippen molar-refractivity contribution in [1.29, 1.82) is 0 Å². The van der Waals surface area contributed by atoms with Gasteiger partial charge in [-0.15, -0.1) is 0 Å². The number of methoxy groups -OCH3 is 1. The Labute approximate surface area is 121 Å². The molecule has 0 fully saturated rings. The fraction of sp³-hybridized carbons (Fsp3) is 0.562. The molecule has 1 atom stereocenters. The van der Waals surface area contributed by atoms with Gasteiger partial charge in [-0.1, -0.05) is 38.0 Å². The zero-order valence-electron chi connectivity index (χ0n) is 12.7. The molecule has 0 aliphatic heterocycles. The maximum atomic E-state index is 11.4. The number of benzene rings is 1. The zero-order chi connectivity index (χ0) is 14.8. The summed E-state index contributed by atoms with van der Waals surface area (Å²) in [6, 6.07) is 9.82. The monoisotopic (exact) mass is 279 g/mol. The summed E-state index contributed by atoms with van der Waals surface area (Å²) in [4.78, 5) is 12.9. The Balaban J connectivity index is 2.49. The molecule has 1 aromatic carbocycles. The molecule has 1 aromatic rings. The molecule has 1 unspecified atom stereocenters. The average molecular weight is 279 g/mol. The second kappa shape index (κ2) is 9.23. The van der Waals surface area contributed by atoms with Crippen molar-refractivity contribution in [2.45, 2.75) is 38.7 Å². The number of nitrogens with zero attached hydrogens (tertiary/aromatic N) is 1. The van der Waals surface area contributed by atoms with Crippen LogP contribution in [0.15, 0.2) is 30.3 Å². The van der Waals surface area contributed by atoms with E-state index in [2.05, 4.69) is 11.7 Å². The molecule has 0 heterocycles. The number of amides is 1. The van der Waals surface area contributed by atoms with Gasteiger partial charge in [-0.2, -0.15) is 0 Å². The molecule has 0 saturated carbocycles. The van der Waals surface area contributed by atoms with Gasteiger partial charge in [0.15, 0.2) is 0 Å². The van der Waals surface area contributed by atoms with E-state index >= 15 is 0 Å². The van der Waals surface area contributed by atoms with Crippen LogP contribution in [0.4, 0.5) is 4.79 Å². The Bertz CT molecular complexity index is 381. The van der Waals surface area contributed by atoms with Crippen molar-refractivity contribution in [3.8, 4) is 5.75 Å². The SMILES string of the molecule is CCCCC(CCN(C)C(=O)OC)Oc1ccccc1. The molecule has 0 aliphatic rings. The molecule has 0 radical (unpaired) electrons. The van der Waals surface area contributed by atoms with Gasteiger partial charge in [0.25, 0.3) is 0 Å². The molecular weight excluding hydrogens is 254 g/mol. The summed E-state index contributed by atoms with van der Waals surface area (Å²) in [7, 11) is 3.14. The zero-order valence-corrected chi connectivity index (χ0v) is 12.7. The second-order valence-electron chi connectivity index (χ2n) is 4.88. The van der Waals surface area contributed by atoms with Crippen LogP contribution < -0.4 is 4.74 Å². The van der Waals surface area contributed by atoms with Crippen molar-refractivity contribution in [1.82, 2.24) is 4.90 Å². The van der Waals surface area contributed by atoms with E-state index < -0.39 is 0 Å². The van der Waals surface area contributed by atoms with Gasteiger partial charge in [0.05, 0.1) is 7.11 Å². The molecule has 20 heavy (non-hydrogen) atoms. The Morgan fingerprint density at radius 3 is 2.55 bits per heavy atom. The first kappa shape index (κ1) is 16.3. The van der Waals surface area contributed by atoms with Gasteiger partial charge in [0.1, 0.15) is 11.9 Å². The van der Waals surface area contributed by atoms with E-state index in [1.807, 2.05) is 30.3 Å². The Morgan fingerprint density at radius 1 is 1.25 bits per heavy atom. The van der Waals surface area contributed by atoms with Crippen LogP contribution in [0, 0.1) is 0 Å². The van der Waals surface area contributed by atoms with Crippen molar-refractivity contribution in [3.63, 3.8) is 0 Å². The largest absolute Gasteiger partial charge is 0.490 e. The minimum atomic E-state index is -0.307. The highest BCUT2D eigenvalue weighted by atomic mass is 16.5. The molecule has 0 spiro atoms. The molecular formula is C16H25NO3. The minimum absolute atomic E-state index is 0.129. The molecule has 0 aliphatic carbocycles. The number of carbonyl (C=O) groups is 1. The fourth-order valence-electron chi connectivity index (χ4n) is 1.97. The Hall–Kier alpha value is -1.71. The third-order valence-corrected chi connectivity index (χ3v) is 3.20. The van der Waals surface area contributed by atoms with Gasteiger partial charge in [0, 0.05) is 20.0 Å². The number of unbranched alkanes of at least 4 members (excludes halogenated alkanes) is 1. The summed E-state index contributed by atoms with van der Waals surface area (Å²) < 4.78 is 10.7. The maximum absolute atomic E-state index is 11.4. The van der Waals surface area contributed by atoms with E-state index in [4.69, 9.17) is 4.74 Å². The van der Waals surface area contributed by atoms with Gasteiger partial charge < -0.3 is 14.4 Å². The van der Waals surface area contributed by atoms with Crippen molar-refractivity contribution in [2.24, 2.45) is 0 Å². The Morgan fingerprint density at radius 2 is 1.95 bits per heavy atom. The van der Waals surface area contributed by atoms with E-state index in [1.165, 1.54) is 7.11 Å². The number of carbonyl (C=O) groups excluding carboxylic acids is 1. The summed E-state index contributed by atoms with van der Waals surface area (Å²) >= 11 is 0. The van der Waals surface area contributed by atoms with Crippen molar-refractivity contribution >= 4 is 6.09 Å². The first-order valence-corrected chi connectivity index (χ1v) is 7.18. The minimum Gasteiger partial charge on any atom is -0.490 e. The van der Waals surface area contributed by atoms with Gasteiger partial charge >= 0.3 is 6.09 Å². The van der Waals surface area contributed by atoms with Crippen LogP contribution >= 0.6 is 0 Å². The highest BCUT2D eigenvalue weighted by Crippen LogP contribution is 2.16. The topological polar surface area (TPSA) is 38.8 Å². The highest BCUT2D eigenvalue weighted by molar-refractivity contribution is 5.66. The third-order valence-electron chi connectivity index (χ3n) is 3.20. The predicted octanol–water partition coefficient (Wildman–Crippen LogP) is 3.71. The molecule has 0 N–H and O–H groups in total. The van der Waals surface area contributed by atoms with Crippen LogP contribution in [0.25, 0.3) is 0 Å². The van der Waals surface area contributed by atoms with Crippen LogP contribution in [0.5, 0.6) is 5.75 Å². The summed E-state index contributed by atoms with van der Waals surface area (Å²) in [5.41, 5.74) is 0. The summed E-state index contributed by atoms with van der Waals surface area (Å²) in [6.07, 6.45) is 3.89. The predicted molar refractivity (Wildman–Crippen MR) is 80.0 cm³/mol. The first-order chi connectivity index (χ1) is 9.67. The summed E-state index contributed by atoms with van der Waals surface area (Å²) in [5.74, 6) is 0.884. The second-order valence-corrected chi connectivity index (χ2v) is 4.88. The average Bonchev–Trinajstić information content (AvgIpc) is 2.49. The molecule has 4 heteroatoms. The van der Waals surface area contributed by atoms with E-state index in [0.717, 1.165) is 31.4 Å². The lowest BCUT2D eigenvalue weighted by atomic mass is 10.1. The van der Waals surface area contributed by atoms with Crippen molar-refractivity contribution in [3.05, 3.63) is 30.3 Å². The standard InChI is InChI=1S/C16H25NO3/c1-4-5-9-15(12-13-17(2)16(18)19-3)20-14-10-7-6-8-11-14/h6-8,10-11,15H,4-5,9,12-13H2,1-3H3. The van der Waals surface area contributed by atoms with Crippen molar-refractivity contribution in [2.75, 3.05) is 20.7 Å². The lowest BCUT2D eigenvalue weighted by Crippen LogP contribution is -2.31. The maximum Gasteiger partial charge on any atom is 0.409 e. The normalized spacial score (nSPS) is 11.8. The van der Waals surface area contributed by atoms with E-state index in [9.17, 15) is 4.79 Å².